The SMILES string of the molecule is O=C(NNS(=O)(=O)c1ccc2c(c1)CCCC2)c1ccc[nH]1. The average molecular weight is 319 g/mol. The fourth-order valence-electron chi connectivity index (χ4n) is 2.59. The number of aromatic amines is 1. The Hall–Kier alpha value is -2.12. The van der Waals surface area contributed by atoms with Crippen molar-refractivity contribution >= 4 is 15.9 Å². The van der Waals surface area contributed by atoms with Crippen LogP contribution in [0, 0.1) is 0 Å². The van der Waals surface area contributed by atoms with E-state index >= 15 is 0 Å². The van der Waals surface area contributed by atoms with Gasteiger partial charge in [0, 0.05) is 6.20 Å². The number of hydrogen-bond donors (Lipinski definition) is 3. The largest absolute Gasteiger partial charge is 0.357 e. The summed E-state index contributed by atoms with van der Waals surface area (Å²) in [5, 5.41) is 0. The molecule has 1 amide bonds. The average Bonchev–Trinajstić information content (AvgIpc) is 3.07. The third-order valence-electron chi connectivity index (χ3n) is 3.77. The minimum atomic E-state index is -3.78. The van der Waals surface area contributed by atoms with Crippen LogP contribution in [0.3, 0.4) is 0 Å². The van der Waals surface area contributed by atoms with Crippen LogP contribution >= 0.6 is 0 Å². The van der Waals surface area contributed by atoms with Gasteiger partial charge < -0.3 is 4.98 Å². The molecule has 1 aliphatic carbocycles. The van der Waals surface area contributed by atoms with E-state index in [4.69, 9.17) is 0 Å². The van der Waals surface area contributed by atoms with Gasteiger partial charge in [-0.3, -0.25) is 10.2 Å². The Bertz CT molecular complexity index is 782. The van der Waals surface area contributed by atoms with Crippen LogP contribution < -0.4 is 10.3 Å². The maximum atomic E-state index is 12.3. The Morgan fingerprint density at radius 3 is 2.59 bits per heavy atom. The summed E-state index contributed by atoms with van der Waals surface area (Å²) in [6, 6.07) is 8.34. The highest BCUT2D eigenvalue weighted by Gasteiger charge is 2.18. The van der Waals surface area contributed by atoms with Crippen molar-refractivity contribution in [1.29, 1.82) is 0 Å². The normalized spacial score (nSPS) is 14.4. The Labute approximate surface area is 129 Å². The lowest BCUT2D eigenvalue weighted by atomic mass is 9.92. The van der Waals surface area contributed by atoms with Gasteiger partial charge in [0.1, 0.15) is 5.69 Å². The number of amides is 1. The second-order valence-corrected chi connectivity index (χ2v) is 6.96. The van der Waals surface area contributed by atoms with Crippen LogP contribution in [0.15, 0.2) is 41.4 Å². The number of rotatable bonds is 4. The Morgan fingerprint density at radius 1 is 1.09 bits per heavy atom. The van der Waals surface area contributed by atoms with Crippen LogP contribution in [0.25, 0.3) is 0 Å². The smallest absolute Gasteiger partial charge is 0.282 e. The van der Waals surface area contributed by atoms with Crippen LogP contribution in [-0.2, 0) is 22.9 Å². The molecule has 1 aromatic heterocycles. The number of aromatic nitrogens is 1. The molecule has 0 saturated carbocycles. The summed E-state index contributed by atoms with van der Waals surface area (Å²) in [6.07, 6.45) is 5.70. The summed E-state index contributed by atoms with van der Waals surface area (Å²) in [4.78, 5) is 16.7. The van der Waals surface area contributed by atoms with E-state index in [0.29, 0.717) is 0 Å². The van der Waals surface area contributed by atoms with Crippen LogP contribution in [0.1, 0.15) is 34.5 Å². The molecular formula is C15H17N3O3S. The summed E-state index contributed by atoms with van der Waals surface area (Å²) >= 11 is 0. The maximum Gasteiger partial charge on any atom is 0.282 e. The van der Waals surface area contributed by atoms with Crippen molar-refractivity contribution in [3.8, 4) is 0 Å². The topological polar surface area (TPSA) is 91.1 Å². The van der Waals surface area contributed by atoms with Gasteiger partial charge in [0.05, 0.1) is 4.90 Å². The molecule has 1 heterocycles. The van der Waals surface area contributed by atoms with Crippen molar-refractivity contribution in [2.75, 3.05) is 0 Å². The zero-order chi connectivity index (χ0) is 15.6. The highest BCUT2D eigenvalue weighted by Crippen LogP contribution is 2.23. The quantitative estimate of drug-likeness (QED) is 0.746. The first-order chi connectivity index (χ1) is 10.6. The lowest BCUT2D eigenvalue weighted by Crippen LogP contribution is -2.41. The van der Waals surface area contributed by atoms with E-state index in [9.17, 15) is 13.2 Å². The number of carbonyl (C=O) groups is 1. The summed E-state index contributed by atoms with van der Waals surface area (Å²) in [5.74, 6) is -0.536. The molecule has 1 aromatic carbocycles. The molecular weight excluding hydrogens is 302 g/mol. The maximum absolute atomic E-state index is 12.3. The molecule has 0 unspecified atom stereocenters. The van der Waals surface area contributed by atoms with Gasteiger partial charge in [0.25, 0.3) is 15.9 Å². The van der Waals surface area contributed by atoms with Crippen LogP contribution in [0.4, 0.5) is 0 Å². The number of fused-ring (bicyclic) bond motifs is 1. The fourth-order valence-corrected chi connectivity index (χ4v) is 3.48. The van der Waals surface area contributed by atoms with Crippen LogP contribution in [0.2, 0.25) is 0 Å². The van der Waals surface area contributed by atoms with Crippen molar-refractivity contribution < 1.29 is 13.2 Å². The fraction of sp³-hybridized carbons (Fsp3) is 0.267. The van der Waals surface area contributed by atoms with E-state index in [2.05, 4.69) is 15.2 Å². The van der Waals surface area contributed by atoms with Crippen molar-refractivity contribution in [2.45, 2.75) is 30.6 Å². The molecule has 6 nitrogen and oxygen atoms in total. The molecule has 0 aliphatic heterocycles. The van der Waals surface area contributed by atoms with Gasteiger partial charge in [-0.05, 0) is 61.1 Å². The zero-order valence-corrected chi connectivity index (χ0v) is 12.7. The van der Waals surface area contributed by atoms with E-state index in [1.165, 1.54) is 5.56 Å². The highest BCUT2D eigenvalue weighted by molar-refractivity contribution is 7.89. The molecule has 0 atom stereocenters. The molecule has 0 fully saturated rings. The number of nitrogens with one attached hydrogen (secondary N) is 3. The second kappa shape index (κ2) is 5.94. The van der Waals surface area contributed by atoms with Gasteiger partial charge in [-0.25, -0.2) is 8.42 Å². The molecule has 1 aliphatic rings. The monoisotopic (exact) mass is 319 g/mol. The lowest BCUT2D eigenvalue weighted by Gasteiger charge is -2.16. The van der Waals surface area contributed by atoms with E-state index < -0.39 is 15.9 Å². The van der Waals surface area contributed by atoms with E-state index in [1.54, 1.807) is 30.5 Å². The minimum Gasteiger partial charge on any atom is -0.357 e. The lowest BCUT2D eigenvalue weighted by molar-refractivity contribution is 0.0940. The summed E-state index contributed by atoms with van der Waals surface area (Å²) < 4.78 is 24.5. The number of hydrazine groups is 1. The van der Waals surface area contributed by atoms with Crippen molar-refractivity contribution in [3.05, 3.63) is 53.3 Å². The molecule has 0 spiro atoms. The van der Waals surface area contributed by atoms with Crippen LogP contribution in [0.5, 0.6) is 0 Å². The van der Waals surface area contributed by atoms with Gasteiger partial charge >= 0.3 is 0 Å². The third-order valence-corrected chi connectivity index (χ3v) is 5.02. The first-order valence-corrected chi connectivity index (χ1v) is 8.62. The van der Waals surface area contributed by atoms with Gasteiger partial charge in [0.15, 0.2) is 0 Å². The number of sulfonamides is 1. The second-order valence-electron chi connectivity index (χ2n) is 5.28. The van der Waals surface area contributed by atoms with Crippen molar-refractivity contribution in [1.82, 2.24) is 15.2 Å². The number of carbonyl (C=O) groups excluding carboxylic acids is 1. The molecule has 3 rings (SSSR count). The van der Waals surface area contributed by atoms with Crippen molar-refractivity contribution in [3.63, 3.8) is 0 Å². The Kier molecular flexibility index (Phi) is 4.00. The molecule has 0 bridgehead atoms. The Morgan fingerprint density at radius 2 is 1.86 bits per heavy atom. The van der Waals surface area contributed by atoms with E-state index in [0.717, 1.165) is 31.2 Å². The Balaban J connectivity index is 1.74. The summed E-state index contributed by atoms with van der Waals surface area (Å²) in [5.41, 5.74) is 4.76. The number of benzene rings is 1. The molecule has 7 heteroatoms. The summed E-state index contributed by atoms with van der Waals surface area (Å²) in [6.45, 7) is 0. The van der Waals surface area contributed by atoms with Gasteiger partial charge in [-0.1, -0.05) is 6.07 Å². The summed E-state index contributed by atoms with van der Waals surface area (Å²) in [7, 11) is -3.78. The zero-order valence-electron chi connectivity index (χ0n) is 11.9. The predicted molar refractivity (Wildman–Crippen MR) is 81.7 cm³/mol. The third kappa shape index (κ3) is 3.05. The first-order valence-electron chi connectivity index (χ1n) is 7.13. The number of hydrogen-bond acceptors (Lipinski definition) is 3. The molecule has 0 radical (unpaired) electrons. The number of H-pyrrole nitrogens is 1. The molecule has 2 aromatic rings. The predicted octanol–water partition coefficient (Wildman–Crippen LogP) is 1.52. The van der Waals surface area contributed by atoms with Gasteiger partial charge in [0.2, 0.25) is 0 Å². The highest BCUT2D eigenvalue weighted by atomic mass is 32.2. The molecule has 0 saturated heterocycles. The standard InChI is InChI=1S/C15H17N3O3S/c19-15(14-6-3-9-16-14)17-18-22(20,21)13-8-7-11-4-1-2-5-12(11)10-13/h3,6-10,16,18H,1-2,4-5H2,(H,17,19). The van der Waals surface area contributed by atoms with Crippen molar-refractivity contribution in [2.24, 2.45) is 0 Å². The van der Waals surface area contributed by atoms with Gasteiger partial charge in [-0.2, -0.15) is 0 Å². The minimum absolute atomic E-state index is 0.167. The molecule has 22 heavy (non-hydrogen) atoms. The van der Waals surface area contributed by atoms with E-state index in [1.807, 2.05) is 6.07 Å². The molecule has 3 N–H and O–H groups in total. The van der Waals surface area contributed by atoms with E-state index in [-0.39, 0.29) is 10.6 Å². The van der Waals surface area contributed by atoms with Gasteiger partial charge in [-0.15, -0.1) is 4.83 Å². The molecule has 116 valence electrons. The van der Waals surface area contributed by atoms with Crippen LogP contribution in [-0.4, -0.2) is 19.3 Å². The number of aryl methyl sites for hydroxylation is 2. The first kappa shape index (κ1) is 14.8.